The average molecular weight is 264 g/mol. The summed E-state index contributed by atoms with van der Waals surface area (Å²) >= 11 is 0. The van der Waals surface area contributed by atoms with Crippen LogP contribution in [-0.4, -0.2) is 44.2 Å². The third-order valence-corrected chi connectivity index (χ3v) is 3.00. The summed E-state index contributed by atoms with van der Waals surface area (Å²) in [5.41, 5.74) is 1.81. The van der Waals surface area contributed by atoms with Gasteiger partial charge in [0.25, 0.3) is 5.69 Å². The normalized spacial score (nSPS) is 13.9. The number of non-ortho nitro benzene ring substituents is 1. The Bertz CT molecular complexity index is 467. The number of nitro benzene ring substituents is 1. The molecule has 1 heterocycles. The van der Waals surface area contributed by atoms with E-state index in [0.717, 1.165) is 24.0 Å². The third kappa shape index (κ3) is 3.53. The molecule has 19 heavy (non-hydrogen) atoms. The summed E-state index contributed by atoms with van der Waals surface area (Å²) in [7, 11) is 3.53. The van der Waals surface area contributed by atoms with Gasteiger partial charge in [0.2, 0.25) is 0 Å². The molecule has 0 unspecified atom stereocenters. The summed E-state index contributed by atoms with van der Waals surface area (Å²) in [5.74, 6) is 0. The van der Waals surface area contributed by atoms with Crippen LogP contribution < -0.4 is 5.46 Å². The number of nitro groups is 1. The van der Waals surface area contributed by atoms with Gasteiger partial charge in [0.1, 0.15) is 0 Å². The lowest BCUT2D eigenvalue weighted by atomic mass is 9.78. The van der Waals surface area contributed by atoms with E-state index in [1.807, 2.05) is 14.1 Å². The SMILES string of the molecule is CN(C)CCCOB1OCc2ccc([N+](=O)[O-])cc21. The topological polar surface area (TPSA) is 64.8 Å². The lowest BCUT2D eigenvalue weighted by Gasteiger charge is -2.11. The summed E-state index contributed by atoms with van der Waals surface area (Å²) in [6.45, 7) is 1.96. The van der Waals surface area contributed by atoms with Crippen molar-refractivity contribution in [2.24, 2.45) is 0 Å². The number of rotatable bonds is 6. The van der Waals surface area contributed by atoms with Crippen LogP contribution in [0.25, 0.3) is 0 Å². The van der Waals surface area contributed by atoms with Crippen LogP contribution in [0, 0.1) is 10.1 Å². The molecule has 1 aromatic rings. The second-order valence-electron chi connectivity index (χ2n) is 4.81. The highest BCUT2D eigenvalue weighted by molar-refractivity contribution is 6.63. The zero-order valence-corrected chi connectivity index (χ0v) is 11.2. The molecular weight excluding hydrogens is 247 g/mol. The molecule has 7 heteroatoms. The summed E-state index contributed by atoms with van der Waals surface area (Å²) < 4.78 is 11.1. The molecule has 0 bridgehead atoms. The third-order valence-electron chi connectivity index (χ3n) is 3.00. The van der Waals surface area contributed by atoms with Gasteiger partial charge in [0.15, 0.2) is 0 Å². The molecule has 102 valence electrons. The number of nitrogens with zero attached hydrogens (tertiary/aromatic N) is 2. The van der Waals surface area contributed by atoms with Crippen molar-refractivity contribution in [2.45, 2.75) is 13.0 Å². The Hall–Kier alpha value is -1.44. The molecule has 0 atom stereocenters. The van der Waals surface area contributed by atoms with Gasteiger partial charge in [-0.3, -0.25) is 10.1 Å². The van der Waals surface area contributed by atoms with Gasteiger partial charge >= 0.3 is 7.12 Å². The molecule has 2 rings (SSSR count). The lowest BCUT2D eigenvalue weighted by molar-refractivity contribution is -0.384. The standard InChI is InChI=1S/C12H17BN2O4/c1-14(2)6-3-7-18-13-12-8-11(15(16)17)5-4-10(12)9-19-13/h4-5,8H,3,6-7,9H2,1-2H3. The van der Waals surface area contributed by atoms with Crippen LogP contribution in [0.2, 0.25) is 0 Å². The van der Waals surface area contributed by atoms with Gasteiger partial charge < -0.3 is 14.2 Å². The van der Waals surface area contributed by atoms with Gasteiger partial charge in [-0.1, -0.05) is 6.07 Å². The molecule has 0 aromatic heterocycles. The van der Waals surface area contributed by atoms with E-state index in [9.17, 15) is 10.1 Å². The Morgan fingerprint density at radius 1 is 1.53 bits per heavy atom. The van der Waals surface area contributed by atoms with Crippen molar-refractivity contribution in [2.75, 3.05) is 27.2 Å². The van der Waals surface area contributed by atoms with Crippen LogP contribution in [-0.2, 0) is 15.9 Å². The van der Waals surface area contributed by atoms with Gasteiger partial charge in [-0.05, 0) is 38.1 Å². The van der Waals surface area contributed by atoms with Gasteiger partial charge in [-0.25, -0.2) is 0 Å². The van der Waals surface area contributed by atoms with Crippen LogP contribution in [0.1, 0.15) is 12.0 Å². The average Bonchev–Trinajstić information content (AvgIpc) is 2.76. The molecule has 1 aliphatic rings. The minimum Gasteiger partial charge on any atom is -0.407 e. The first kappa shape index (κ1) is 14.0. The Morgan fingerprint density at radius 3 is 3.00 bits per heavy atom. The van der Waals surface area contributed by atoms with E-state index < -0.39 is 12.0 Å². The van der Waals surface area contributed by atoms with Crippen LogP contribution in [0.5, 0.6) is 0 Å². The quantitative estimate of drug-likeness (QED) is 0.329. The largest absolute Gasteiger partial charge is 0.494 e. The molecule has 1 aliphatic heterocycles. The zero-order chi connectivity index (χ0) is 13.8. The van der Waals surface area contributed by atoms with E-state index in [1.54, 1.807) is 12.1 Å². The Kier molecular flexibility index (Phi) is 4.52. The van der Waals surface area contributed by atoms with Gasteiger partial charge in [0, 0.05) is 18.7 Å². The molecule has 0 aliphatic carbocycles. The predicted octanol–water partition coefficient (Wildman–Crippen LogP) is 0.788. The molecule has 0 saturated carbocycles. The van der Waals surface area contributed by atoms with Gasteiger partial charge in [-0.15, -0.1) is 0 Å². The van der Waals surface area contributed by atoms with Crippen LogP contribution in [0.15, 0.2) is 18.2 Å². The van der Waals surface area contributed by atoms with Gasteiger partial charge in [0.05, 0.1) is 11.5 Å². The zero-order valence-electron chi connectivity index (χ0n) is 11.2. The molecular formula is C12H17BN2O4. The van der Waals surface area contributed by atoms with Crippen molar-refractivity contribution in [1.29, 1.82) is 0 Å². The monoisotopic (exact) mass is 264 g/mol. The molecule has 0 radical (unpaired) electrons. The number of hydrogen-bond acceptors (Lipinski definition) is 5. The summed E-state index contributed by atoms with van der Waals surface area (Å²) in [4.78, 5) is 12.4. The molecule has 0 saturated heterocycles. The van der Waals surface area contributed by atoms with E-state index in [2.05, 4.69) is 4.90 Å². The fraction of sp³-hybridized carbons (Fsp3) is 0.500. The maximum atomic E-state index is 10.8. The van der Waals surface area contributed by atoms with E-state index in [4.69, 9.17) is 9.31 Å². The molecule has 0 amide bonds. The van der Waals surface area contributed by atoms with Crippen molar-refractivity contribution < 1.29 is 14.2 Å². The van der Waals surface area contributed by atoms with Crippen molar-refractivity contribution in [3.8, 4) is 0 Å². The maximum absolute atomic E-state index is 10.8. The lowest BCUT2D eigenvalue weighted by Crippen LogP contribution is -2.33. The molecule has 1 aromatic carbocycles. The second-order valence-corrected chi connectivity index (χ2v) is 4.81. The highest BCUT2D eigenvalue weighted by Gasteiger charge is 2.32. The van der Waals surface area contributed by atoms with E-state index in [0.29, 0.717) is 13.2 Å². The summed E-state index contributed by atoms with van der Waals surface area (Å²) in [5, 5.41) is 10.8. The summed E-state index contributed by atoms with van der Waals surface area (Å²) in [6.07, 6.45) is 0.900. The Morgan fingerprint density at radius 2 is 2.32 bits per heavy atom. The fourth-order valence-corrected chi connectivity index (χ4v) is 2.01. The van der Waals surface area contributed by atoms with Crippen molar-refractivity contribution >= 4 is 18.3 Å². The van der Waals surface area contributed by atoms with Gasteiger partial charge in [-0.2, -0.15) is 0 Å². The number of benzene rings is 1. The van der Waals surface area contributed by atoms with E-state index in [-0.39, 0.29) is 5.69 Å². The minimum absolute atomic E-state index is 0.0751. The van der Waals surface area contributed by atoms with Crippen molar-refractivity contribution in [3.05, 3.63) is 33.9 Å². The first-order valence-corrected chi connectivity index (χ1v) is 6.23. The van der Waals surface area contributed by atoms with E-state index >= 15 is 0 Å². The van der Waals surface area contributed by atoms with Crippen molar-refractivity contribution in [3.63, 3.8) is 0 Å². The van der Waals surface area contributed by atoms with Crippen molar-refractivity contribution in [1.82, 2.24) is 4.90 Å². The van der Waals surface area contributed by atoms with E-state index in [1.165, 1.54) is 6.07 Å². The highest BCUT2D eigenvalue weighted by atomic mass is 16.6. The maximum Gasteiger partial charge on any atom is 0.494 e. The molecule has 0 spiro atoms. The Labute approximate surface area is 112 Å². The minimum atomic E-state index is -0.475. The molecule has 6 nitrogen and oxygen atoms in total. The van der Waals surface area contributed by atoms with Crippen LogP contribution in [0.3, 0.4) is 0 Å². The number of hydrogen-bond donors (Lipinski definition) is 0. The second kappa shape index (κ2) is 6.14. The molecule has 0 fully saturated rings. The fourth-order valence-electron chi connectivity index (χ4n) is 2.01. The summed E-state index contributed by atoms with van der Waals surface area (Å²) in [6, 6.07) is 4.77. The smallest absolute Gasteiger partial charge is 0.407 e. The Balaban J connectivity index is 1.96. The first-order chi connectivity index (χ1) is 9.08. The number of fused-ring (bicyclic) bond motifs is 1. The van der Waals surface area contributed by atoms with Crippen LogP contribution >= 0.6 is 0 Å². The highest BCUT2D eigenvalue weighted by Crippen LogP contribution is 2.17. The molecule has 0 N–H and O–H groups in total. The first-order valence-electron chi connectivity index (χ1n) is 6.23. The van der Waals surface area contributed by atoms with Crippen LogP contribution in [0.4, 0.5) is 5.69 Å². The predicted molar refractivity (Wildman–Crippen MR) is 72.4 cm³/mol.